The van der Waals surface area contributed by atoms with Gasteiger partial charge in [0.05, 0.1) is 7.05 Å². The third kappa shape index (κ3) is 2.91. The van der Waals surface area contributed by atoms with Crippen molar-refractivity contribution in [2.24, 2.45) is 7.05 Å². The molecule has 0 fully saturated rings. The van der Waals surface area contributed by atoms with Gasteiger partial charge in [-0.05, 0) is 63.7 Å². The Hall–Kier alpha value is -3.65. The Morgan fingerprint density at radius 3 is 1.85 bits per heavy atom. The van der Waals surface area contributed by atoms with Crippen LogP contribution in [-0.4, -0.2) is 4.57 Å². The number of imidazole rings is 1. The van der Waals surface area contributed by atoms with Crippen LogP contribution in [0.25, 0.3) is 27.8 Å². The maximum Gasteiger partial charge on any atom is 0.249 e. The van der Waals surface area contributed by atoms with Crippen molar-refractivity contribution in [1.82, 2.24) is 4.57 Å². The monoisotopic (exact) mass is 443 g/mol. The Morgan fingerprint density at radius 1 is 0.588 bits per heavy atom. The van der Waals surface area contributed by atoms with Crippen molar-refractivity contribution < 1.29 is 4.57 Å². The molecule has 2 heteroatoms. The summed E-state index contributed by atoms with van der Waals surface area (Å²) in [6, 6.07) is 33.5. The van der Waals surface area contributed by atoms with Crippen LogP contribution in [0, 0.1) is 0 Å². The lowest BCUT2D eigenvalue weighted by molar-refractivity contribution is -0.645. The lowest BCUT2D eigenvalue weighted by atomic mass is 9.60. The van der Waals surface area contributed by atoms with Gasteiger partial charge in [-0.15, -0.1) is 0 Å². The van der Waals surface area contributed by atoms with Crippen molar-refractivity contribution >= 4 is 11.0 Å². The highest BCUT2D eigenvalue weighted by Gasteiger charge is 2.41. The van der Waals surface area contributed by atoms with Crippen molar-refractivity contribution in [2.45, 2.75) is 38.5 Å². The molecule has 2 nitrogen and oxygen atoms in total. The van der Waals surface area contributed by atoms with Crippen LogP contribution in [-0.2, 0) is 17.9 Å². The average molecular weight is 444 g/mol. The van der Waals surface area contributed by atoms with E-state index in [1.165, 1.54) is 50.1 Å². The fourth-order valence-electron chi connectivity index (χ4n) is 5.93. The van der Waals surface area contributed by atoms with Gasteiger partial charge in [-0.2, -0.15) is 4.57 Å². The molecule has 0 unspecified atom stereocenters. The molecule has 1 heterocycles. The van der Waals surface area contributed by atoms with E-state index in [1.54, 1.807) is 0 Å². The zero-order valence-electron chi connectivity index (χ0n) is 20.6. The van der Waals surface area contributed by atoms with E-state index in [9.17, 15) is 0 Å². The summed E-state index contributed by atoms with van der Waals surface area (Å²) in [4.78, 5) is 0. The van der Waals surface area contributed by atoms with Crippen molar-refractivity contribution in [2.75, 3.05) is 0 Å². The molecular weight excluding hydrogens is 412 g/mol. The third-order valence-electron chi connectivity index (χ3n) is 7.93. The topological polar surface area (TPSA) is 8.81 Å². The smallest absolute Gasteiger partial charge is 0.232 e. The van der Waals surface area contributed by atoms with E-state index in [4.69, 9.17) is 0 Å². The first kappa shape index (κ1) is 20.9. The molecule has 5 aromatic rings. The van der Waals surface area contributed by atoms with Crippen LogP contribution < -0.4 is 4.57 Å². The van der Waals surface area contributed by atoms with Gasteiger partial charge in [-0.25, -0.2) is 4.57 Å². The SMILES string of the molecule is C[n+]1cn(-c2ccc(-c3ccc4c(c3)C(C)(C)c3ccccc3C4(C)C)cc2)c2ccccc21. The number of para-hydroxylation sites is 2. The molecule has 6 rings (SSSR count). The standard InChI is InChI=1S/C32H31N2/c1-31(2)25-10-6-7-11-26(25)32(3,4)28-20-23(16-19-27(28)31)22-14-17-24(18-15-22)34-21-33(5)29-12-8-9-13-30(29)34/h6-21H,1-5H3/q+1. The van der Waals surface area contributed by atoms with Gasteiger partial charge in [-0.1, -0.05) is 88.4 Å². The fourth-order valence-corrected chi connectivity index (χ4v) is 5.93. The quantitative estimate of drug-likeness (QED) is 0.258. The van der Waals surface area contributed by atoms with E-state index >= 15 is 0 Å². The summed E-state index contributed by atoms with van der Waals surface area (Å²) in [5.74, 6) is 0. The summed E-state index contributed by atoms with van der Waals surface area (Å²) >= 11 is 0. The maximum atomic E-state index is 2.42. The lowest BCUT2D eigenvalue weighted by Crippen LogP contribution is -2.36. The second-order valence-corrected chi connectivity index (χ2v) is 10.7. The maximum absolute atomic E-state index is 2.42. The third-order valence-corrected chi connectivity index (χ3v) is 7.93. The Bertz CT molecular complexity index is 1550. The first-order valence-corrected chi connectivity index (χ1v) is 12.1. The molecule has 1 aliphatic carbocycles. The number of fused-ring (bicyclic) bond motifs is 3. The van der Waals surface area contributed by atoms with Gasteiger partial charge in [0.1, 0.15) is 5.69 Å². The number of aromatic nitrogens is 2. The van der Waals surface area contributed by atoms with Gasteiger partial charge < -0.3 is 0 Å². The van der Waals surface area contributed by atoms with Crippen molar-refractivity contribution in [3.63, 3.8) is 0 Å². The van der Waals surface area contributed by atoms with Crippen LogP contribution in [0.5, 0.6) is 0 Å². The molecule has 1 aromatic heterocycles. The van der Waals surface area contributed by atoms with Crippen LogP contribution in [0.4, 0.5) is 0 Å². The summed E-state index contributed by atoms with van der Waals surface area (Å²) in [5, 5.41) is 0. The highest BCUT2D eigenvalue weighted by Crippen LogP contribution is 2.50. The minimum atomic E-state index is -0.0315. The van der Waals surface area contributed by atoms with E-state index in [0.29, 0.717) is 0 Å². The Balaban J connectivity index is 1.43. The predicted octanol–water partition coefficient (Wildman–Crippen LogP) is 7.09. The normalized spacial score (nSPS) is 15.7. The predicted molar refractivity (Wildman–Crippen MR) is 141 cm³/mol. The molecule has 0 saturated heterocycles. The highest BCUT2D eigenvalue weighted by molar-refractivity contribution is 5.75. The summed E-state index contributed by atoms with van der Waals surface area (Å²) in [6.45, 7) is 9.44. The van der Waals surface area contributed by atoms with Gasteiger partial charge in [-0.3, -0.25) is 0 Å². The second-order valence-electron chi connectivity index (χ2n) is 10.7. The first-order chi connectivity index (χ1) is 16.3. The summed E-state index contributed by atoms with van der Waals surface area (Å²) in [6.07, 6.45) is 2.15. The molecule has 0 N–H and O–H groups in total. The van der Waals surface area contributed by atoms with E-state index in [2.05, 4.69) is 141 Å². The Kier molecular flexibility index (Phi) is 4.41. The molecule has 0 amide bonds. The molecule has 0 radical (unpaired) electrons. The summed E-state index contributed by atoms with van der Waals surface area (Å²) < 4.78 is 4.43. The van der Waals surface area contributed by atoms with Crippen molar-refractivity contribution in [3.8, 4) is 16.8 Å². The number of rotatable bonds is 2. The Labute approximate surface area is 202 Å². The zero-order valence-corrected chi connectivity index (χ0v) is 20.6. The van der Waals surface area contributed by atoms with Gasteiger partial charge in [0.2, 0.25) is 6.33 Å². The highest BCUT2D eigenvalue weighted by atomic mass is 15.1. The lowest BCUT2D eigenvalue weighted by Gasteiger charge is -2.44. The largest absolute Gasteiger partial charge is 0.249 e. The molecule has 0 spiro atoms. The fraction of sp³-hybridized carbons (Fsp3) is 0.219. The number of nitrogens with zero attached hydrogens (tertiary/aromatic N) is 2. The molecule has 1 aliphatic rings. The molecule has 4 aromatic carbocycles. The number of benzene rings is 4. The minimum absolute atomic E-state index is 0.00512. The number of hydrogen-bond donors (Lipinski definition) is 0. The summed E-state index contributed by atoms with van der Waals surface area (Å²) in [5.41, 5.74) is 11.9. The zero-order chi connectivity index (χ0) is 23.7. The van der Waals surface area contributed by atoms with E-state index < -0.39 is 0 Å². The van der Waals surface area contributed by atoms with Crippen LogP contribution >= 0.6 is 0 Å². The number of aryl methyl sites for hydroxylation is 1. The van der Waals surface area contributed by atoms with E-state index in [0.717, 1.165) is 0 Å². The Morgan fingerprint density at radius 2 is 1.15 bits per heavy atom. The molecule has 0 saturated carbocycles. The van der Waals surface area contributed by atoms with E-state index in [1.807, 2.05) is 0 Å². The molecule has 34 heavy (non-hydrogen) atoms. The van der Waals surface area contributed by atoms with Gasteiger partial charge in [0, 0.05) is 10.8 Å². The van der Waals surface area contributed by atoms with Crippen molar-refractivity contribution in [3.05, 3.63) is 120 Å². The average Bonchev–Trinajstić information content (AvgIpc) is 3.20. The first-order valence-electron chi connectivity index (χ1n) is 12.1. The van der Waals surface area contributed by atoms with E-state index in [-0.39, 0.29) is 10.8 Å². The van der Waals surface area contributed by atoms with Gasteiger partial charge in [0.15, 0.2) is 11.0 Å². The summed E-state index contributed by atoms with van der Waals surface area (Å²) in [7, 11) is 2.10. The molecule has 0 bridgehead atoms. The minimum Gasteiger partial charge on any atom is -0.232 e. The molecular formula is C32H31N2+. The van der Waals surface area contributed by atoms with Crippen LogP contribution in [0.2, 0.25) is 0 Å². The van der Waals surface area contributed by atoms with Crippen LogP contribution in [0.3, 0.4) is 0 Å². The second kappa shape index (κ2) is 7.17. The van der Waals surface area contributed by atoms with Crippen LogP contribution in [0.15, 0.2) is 97.3 Å². The van der Waals surface area contributed by atoms with Gasteiger partial charge in [0.25, 0.3) is 0 Å². The molecule has 0 atom stereocenters. The molecule has 0 aliphatic heterocycles. The molecule has 168 valence electrons. The number of hydrogen-bond acceptors (Lipinski definition) is 0. The van der Waals surface area contributed by atoms with Gasteiger partial charge >= 0.3 is 0 Å². The van der Waals surface area contributed by atoms with Crippen molar-refractivity contribution in [1.29, 1.82) is 0 Å². The van der Waals surface area contributed by atoms with Crippen LogP contribution in [0.1, 0.15) is 49.9 Å².